The number of hydrogen-bond acceptors (Lipinski definition) is 3. The van der Waals surface area contributed by atoms with Crippen LogP contribution < -0.4 is 0 Å². The van der Waals surface area contributed by atoms with Gasteiger partial charge in [0, 0.05) is 4.47 Å². The van der Waals surface area contributed by atoms with Crippen molar-refractivity contribution in [2.75, 3.05) is 7.11 Å². The second kappa shape index (κ2) is 8.42. The summed E-state index contributed by atoms with van der Waals surface area (Å²) < 4.78 is 17.6. The molecule has 15 heavy (non-hydrogen) atoms. The molecule has 0 bridgehead atoms. The molecule has 0 spiro atoms. The minimum atomic E-state index is -0.554. The van der Waals surface area contributed by atoms with Crippen molar-refractivity contribution in [3.8, 4) is 0 Å². The van der Waals surface area contributed by atoms with Gasteiger partial charge >= 0.3 is 23.0 Å². The Bertz CT molecular complexity index is 357. The molecule has 0 aliphatic heterocycles. The fourth-order valence-electron chi connectivity index (χ4n) is 0.764. The first kappa shape index (κ1) is 16.5. The molecule has 0 N–H and O–H groups in total. The van der Waals surface area contributed by atoms with E-state index in [1.54, 1.807) is 0 Å². The van der Waals surface area contributed by atoms with Crippen LogP contribution in [0.2, 0.25) is 0 Å². The summed E-state index contributed by atoms with van der Waals surface area (Å²) in [5.41, 5.74) is 0.192. The van der Waals surface area contributed by atoms with E-state index in [1.165, 1.54) is 19.2 Å². The van der Waals surface area contributed by atoms with E-state index in [0.717, 1.165) is 6.07 Å². The number of esters is 1. The number of benzene rings is 1. The fraction of sp³-hybridized carbons (Fsp3) is 0.111. The van der Waals surface area contributed by atoms with Gasteiger partial charge in [0.1, 0.15) is 5.82 Å². The van der Waals surface area contributed by atoms with Gasteiger partial charge in [0.25, 0.3) is 0 Å². The number of carbonyl (C=O) groups excluding carboxylic acids is 1. The van der Waals surface area contributed by atoms with Gasteiger partial charge < -0.3 is 16.6 Å². The smallest absolute Gasteiger partial charge is 0.512 e. The van der Waals surface area contributed by atoms with Crippen LogP contribution in [0, 0.1) is 17.7 Å². The normalized spacial score (nSPS) is 7.80. The molecule has 6 heteroatoms. The third-order valence-electron chi connectivity index (χ3n) is 1.33. The second-order valence-corrected chi connectivity index (χ2v) is 2.97. The fourth-order valence-corrected chi connectivity index (χ4v) is 1.17. The molecule has 0 aliphatic carbocycles. The van der Waals surface area contributed by atoms with Gasteiger partial charge in [-0.2, -0.15) is 0 Å². The minimum Gasteiger partial charge on any atom is -0.512 e. The van der Waals surface area contributed by atoms with Gasteiger partial charge in [-0.15, -0.1) is 0 Å². The summed E-state index contributed by atoms with van der Waals surface area (Å²) in [4.78, 5) is 11.0. The van der Waals surface area contributed by atoms with Crippen molar-refractivity contribution in [3.05, 3.63) is 40.6 Å². The molecule has 0 saturated heterocycles. The predicted octanol–water partition coefficient (Wildman–Crippen LogP) is 2.47. The van der Waals surface area contributed by atoms with Crippen LogP contribution in [-0.2, 0) is 21.8 Å². The maximum atomic E-state index is 12.6. The molecular formula is C9H6BrCuFNO2. The number of methoxy groups -OCH3 is 1. The van der Waals surface area contributed by atoms with Gasteiger partial charge in [-0.25, -0.2) is 9.18 Å². The van der Waals surface area contributed by atoms with Crippen LogP contribution in [0.1, 0.15) is 10.4 Å². The number of carbonyl (C=O) groups is 1. The van der Waals surface area contributed by atoms with Crippen LogP contribution >= 0.6 is 15.9 Å². The number of ether oxygens (including phenoxy) is 1. The summed E-state index contributed by atoms with van der Waals surface area (Å²) in [6.07, 6.45) is 0. The SMILES string of the molecule is COC(=O)c1cc(F)ccc1Br.[C-]#N.[Cu+]. The van der Waals surface area contributed by atoms with Crippen LogP contribution in [0.5, 0.6) is 0 Å². The summed E-state index contributed by atoms with van der Waals surface area (Å²) in [6.45, 7) is 4.75. The van der Waals surface area contributed by atoms with Gasteiger partial charge in [-0.1, -0.05) is 0 Å². The predicted molar refractivity (Wildman–Crippen MR) is 50.4 cm³/mol. The molecule has 84 valence electrons. The van der Waals surface area contributed by atoms with E-state index in [2.05, 4.69) is 20.7 Å². The molecule has 1 aromatic carbocycles. The Hall–Kier alpha value is -0.891. The first-order valence-corrected chi connectivity index (χ1v) is 4.20. The van der Waals surface area contributed by atoms with E-state index >= 15 is 0 Å². The van der Waals surface area contributed by atoms with E-state index in [9.17, 15) is 9.18 Å². The van der Waals surface area contributed by atoms with Crippen molar-refractivity contribution >= 4 is 21.9 Å². The zero-order valence-corrected chi connectivity index (χ0v) is 10.1. The molecule has 1 aromatic rings. The summed E-state index contributed by atoms with van der Waals surface area (Å²) in [5.74, 6) is -1.01. The zero-order valence-electron chi connectivity index (χ0n) is 7.55. The van der Waals surface area contributed by atoms with E-state index in [0.29, 0.717) is 4.47 Å². The van der Waals surface area contributed by atoms with Gasteiger partial charge in [0.05, 0.1) is 12.7 Å². The molecule has 3 nitrogen and oxygen atoms in total. The molecule has 0 unspecified atom stereocenters. The standard InChI is InChI=1S/C8H6BrFO2.CN.Cu/c1-12-8(11)6-4-5(10)2-3-7(6)9;1-2;/h2-4H,1H3;;/q;-1;+1. The Labute approximate surface area is 106 Å². The van der Waals surface area contributed by atoms with Crippen molar-refractivity contribution in [2.45, 2.75) is 0 Å². The van der Waals surface area contributed by atoms with Gasteiger partial charge in [0.15, 0.2) is 0 Å². The molecular weight excluding hydrogens is 317 g/mol. The van der Waals surface area contributed by atoms with E-state index in [-0.39, 0.29) is 22.6 Å². The molecule has 0 heterocycles. The quantitative estimate of drug-likeness (QED) is 0.453. The van der Waals surface area contributed by atoms with Crippen molar-refractivity contribution in [1.82, 2.24) is 0 Å². The van der Waals surface area contributed by atoms with Crippen LogP contribution in [0.4, 0.5) is 4.39 Å². The molecule has 1 rings (SSSR count). The third-order valence-corrected chi connectivity index (χ3v) is 2.03. The molecule has 0 amide bonds. The molecule has 0 fully saturated rings. The second-order valence-electron chi connectivity index (χ2n) is 2.12. The first-order chi connectivity index (χ1) is 6.65. The van der Waals surface area contributed by atoms with E-state index < -0.39 is 11.8 Å². The van der Waals surface area contributed by atoms with E-state index in [1.807, 2.05) is 0 Å². The van der Waals surface area contributed by atoms with Crippen LogP contribution in [0.25, 0.3) is 0 Å². The molecule has 0 aromatic heterocycles. The van der Waals surface area contributed by atoms with Crippen molar-refractivity contribution in [2.24, 2.45) is 0 Å². The molecule has 0 atom stereocenters. The van der Waals surface area contributed by atoms with Crippen molar-refractivity contribution in [1.29, 1.82) is 5.26 Å². The van der Waals surface area contributed by atoms with Gasteiger partial charge in [-0.3, -0.25) is 0 Å². The molecule has 0 aliphatic rings. The first-order valence-electron chi connectivity index (χ1n) is 3.41. The average molecular weight is 323 g/mol. The van der Waals surface area contributed by atoms with Crippen molar-refractivity contribution < 1.29 is 31.0 Å². The monoisotopic (exact) mass is 321 g/mol. The maximum absolute atomic E-state index is 12.6. The Kier molecular flexibility index (Phi) is 9.28. The third kappa shape index (κ3) is 4.93. The van der Waals surface area contributed by atoms with E-state index in [4.69, 9.17) is 11.8 Å². The largest absolute Gasteiger partial charge is 1.00 e. The number of hydrogen-bond donors (Lipinski definition) is 0. The van der Waals surface area contributed by atoms with Gasteiger partial charge in [0.2, 0.25) is 0 Å². The van der Waals surface area contributed by atoms with Crippen LogP contribution in [-0.4, -0.2) is 13.1 Å². The Morgan fingerprint density at radius 1 is 1.53 bits per heavy atom. The topological polar surface area (TPSA) is 50.1 Å². The summed E-state index contributed by atoms with van der Waals surface area (Å²) >= 11 is 3.10. The number of nitrogens with zero attached hydrogens (tertiary/aromatic N) is 1. The summed E-state index contributed by atoms with van der Waals surface area (Å²) in [6, 6.07) is 3.84. The van der Waals surface area contributed by atoms with Gasteiger partial charge in [-0.05, 0) is 34.1 Å². The Balaban J connectivity index is 0. The van der Waals surface area contributed by atoms with Crippen molar-refractivity contribution in [3.63, 3.8) is 0 Å². The molecule has 0 radical (unpaired) electrons. The Morgan fingerprint density at radius 3 is 2.53 bits per heavy atom. The number of halogens is 2. The summed E-state index contributed by atoms with van der Waals surface area (Å²) in [7, 11) is 1.25. The van der Waals surface area contributed by atoms with Crippen LogP contribution in [0.15, 0.2) is 22.7 Å². The zero-order chi connectivity index (χ0) is 11.1. The number of rotatable bonds is 1. The summed E-state index contributed by atoms with van der Waals surface area (Å²) in [5, 5.41) is 6.25. The average Bonchev–Trinajstić information content (AvgIpc) is 2.23. The van der Waals surface area contributed by atoms with Crippen LogP contribution in [0.3, 0.4) is 0 Å². The molecule has 0 saturated carbocycles. The maximum Gasteiger partial charge on any atom is 1.00 e. The Morgan fingerprint density at radius 2 is 2.07 bits per heavy atom. The minimum absolute atomic E-state index is 0.